The van der Waals surface area contributed by atoms with Gasteiger partial charge in [0.15, 0.2) is 15.6 Å². The minimum absolute atomic E-state index is 0.0450. The van der Waals surface area contributed by atoms with Crippen molar-refractivity contribution in [3.05, 3.63) is 39.5 Å². The molecule has 6 rings (SSSR count). The van der Waals surface area contributed by atoms with E-state index in [2.05, 4.69) is 38.5 Å². The highest BCUT2D eigenvalue weighted by Gasteiger charge is 2.46. The molecule has 2 N–H and O–H groups in total. The SMILES string of the molecule is N[C@@H]1c2cccnc2CC12CCN(c1cnc3c(I)nn(C4CCCCO4)c3n1)CC2. The summed E-state index contributed by atoms with van der Waals surface area (Å²) in [5.74, 6) is 0.915. The lowest BCUT2D eigenvalue weighted by atomic mass is 9.73. The highest BCUT2D eigenvalue weighted by atomic mass is 127. The number of piperidine rings is 1. The van der Waals surface area contributed by atoms with Gasteiger partial charge in [0.1, 0.15) is 11.3 Å². The van der Waals surface area contributed by atoms with Crippen LogP contribution in [-0.4, -0.2) is 44.4 Å². The molecule has 2 atom stereocenters. The molecule has 3 aromatic heterocycles. The Kier molecular flexibility index (Phi) is 4.87. The van der Waals surface area contributed by atoms with Crippen LogP contribution >= 0.6 is 22.6 Å². The number of hydrogen-bond acceptors (Lipinski definition) is 7. The van der Waals surface area contributed by atoms with Gasteiger partial charge in [-0.1, -0.05) is 6.07 Å². The molecule has 5 heterocycles. The summed E-state index contributed by atoms with van der Waals surface area (Å²) < 4.78 is 8.79. The van der Waals surface area contributed by atoms with Crippen LogP contribution in [0.25, 0.3) is 11.2 Å². The maximum absolute atomic E-state index is 6.71. The molecule has 2 aliphatic heterocycles. The monoisotopic (exact) mass is 531 g/mol. The van der Waals surface area contributed by atoms with E-state index in [4.69, 9.17) is 25.5 Å². The number of nitrogens with two attached hydrogens (primary N) is 1. The number of nitrogens with zero attached hydrogens (tertiary/aromatic N) is 6. The summed E-state index contributed by atoms with van der Waals surface area (Å²) in [6.45, 7) is 2.63. The van der Waals surface area contributed by atoms with Crippen molar-refractivity contribution in [2.45, 2.75) is 50.8 Å². The van der Waals surface area contributed by atoms with Gasteiger partial charge in [0.2, 0.25) is 0 Å². The number of halogens is 1. The summed E-state index contributed by atoms with van der Waals surface area (Å²) in [6, 6.07) is 4.21. The molecule has 0 amide bonds. The molecule has 1 unspecified atom stereocenters. The molecular weight excluding hydrogens is 505 g/mol. The molecule has 162 valence electrons. The van der Waals surface area contributed by atoms with Crippen molar-refractivity contribution in [2.24, 2.45) is 11.1 Å². The van der Waals surface area contributed by atoms with Crippen molar-refractivity contribution < 1.29 is 4.74 Å². The molecule has 0 aromatic carbocycles. The summed E-state index contributed by atoms with van der Waals surface area (Å²) in [4.78, 5) is 16.7. The fraction of sp³-hybridized carbons (Fsp3) is 0.545. The molecule has 9 heteroatoms. The highest BCUT2D eigenvalue weighted by Crippen LogP contribution is 2.50. The smallest absolute Gasteiger partial charge is 0.182 e. The first kappa shape index (κ1) is 19.8. The van der Waals surface area contributed by atoms with Gasteiger partial charge in [0.05, 0.1) is 6.20 Å². The van der Waals surface area contributed by atoms with Crippen LogP contribution in [0.5, 0.6) is 0 Å². The molecule has 31 heavy (non-hydrogen) atoms. The van der Waals surface area contributed by atoms with Crippen LogP contribution in [0.2, 0.25) is 0 Å². The Morgan fingerprint density at radius 2 is 2.06 bits per heavy atom. The van der Waals surface area contributed by atoms with Gasteiger partial charge >= 0.3 is 0 Å². The number of aromatic nitrogens is 5. The van der Waals surface area contributed by atoms with Gasteiger partial charge in [0, 0.05) is 37.6 Å². The number of ether oxygens (including phenoxy) is 1. The Hall–Kier alpha value is -1.85. The summed E-state index contributed by atoms with van der Waals surface area (Å²) >= 11 is 2.24. The van der Waals surface area contributed by atoms with E-state index in [0.717, 1.165) is 78.9 Å². The minimum atomic E-state index is -0.0450. The van der Waals surface area contributed by atoms with Crippen molar-refractivity contribution >= 4 is 39.6 Å². The normalized spacial score (nSPS) is 25.3. The standard InChI is InChI=1S/C22H26IN7O/c23-20-18-21(30(28-20)17-5-1-2-11-31-17)27-16(13-26-18)29-9-6-22(7-10-29)12-15-14(19(22)24)4-3-8-25-15/h3-4,8,13,17,19H,1-2,5-7,9-12,24H2/t17?,19-/m1/s1. The third-order valence-corrected chi connectivity index (χ3v) is 8.03. The molecule has 3 aromatic rings. The van der Waals surface area contributed by atoms with Gasteiger partial charge in [-0.3, -0.25) is 4.98 Å². The van der Waals surface area contributed by atoms with E-state index >= 15 is 0 Å². The van der Waals surface area contributed by atoms with E-state index in [1.54, 1.807) is 0 Å². The van der Waals surface area contributed by atoms with Gasteiger partial charge in [-0.05, 0) is 78.2 Å². The molecule has 8 nitrogen and oxygen atoms in total. The average Bonchev–Trinajstić information content (AvgIpc) is 3.29. The van der Waals surface area contributed by atoms with Gasteiger partial charge in [-0.25, -0.2) is 14.6 Å². The topological polar surface area (TPSA) is 95.0 Å². The zero-order valence-corrected chi connectivity index (χ0v) is 19.5. The predicted molar refractivity (Wildman–Crippen MR) is 126 cm³/mol. The van der Waals surface area contributed by atoms with Crippen LogP contribution in [-0.2, 0) is 11.2 Å². The summed E-state index contributed by atoms with van der Waals surface area (Å²) in [5.41, 5.74) is 10.9. The second kappa shape index (κ2) is 7.63. The maximum Gasteiger partial charge on any atom is 0.182 e. The highest BCUT2D eigenvalue weighted by molar-refractivity contribution is 14.1. The van der Waals surface area contributed by atoms with E-state index in [-0.39, 0.29) is 17.7 Å². The first-order valence-corrected chi connectivity index (χ1v) is 12.2. The summed E-state index contributed by atoms with van der Waals surface area (Å²) in [5, 5.41) is 4.70. The Balaban J connectivity index is 1.25. The largest absolute Gasteiger partial charge is 0.356 e. The van der Waals surface area contributed by atoms with Crippen LogP contribution in [0.3, 0.4) is 0 Å². The fourth-order valence-electron chi connectivity index (χ4n) is 5.46. The van der Waals surface area contributed by atoms with Crippen LogP contribution in [0.1, 0.15) is 55.6 Å². The first-order chi connectivity index (χ1) is 15.1. The van der Waals surface area contributed by atoms with Crippen LogP contribution in [0.15, 0.2) is 24.5 Å². The number of fused-ring (bicyclic) bond motifs is 2. The quantitative estimate of drug-likeness (QED) is 0.507. The fourth-order valence-corrected chi connectivity index (χ4v) is 6.07. The Morgan fingerprint density at radius 1 is 1.19 bits per heavy atom. The van der Waals surface area contributed by atoms with Crippen LogP contribution in [0, 0.1) is 9.12 Å². The summed E-state index contributed by atoms with van der Waals surface area (Å²) in [7, 11) is 0. The maximum atomic E-state index is 6.71. The molecule has 0 saturated carbocycles. The Morgan fingerprint density at radius 3 is 2.84 bits per heavy atom. The average molecular weight is 531 g/mol. The molecule has 1 spiro atoms. The number of pyridine rings is 1. The lowest BCUT2D eigenvalue weighted by molar-refractivity contribution is -0.0372. The van der Waals surface area contributed by atoms with E-state index in [0.29, 0.717) is 0 Å². The third kappa shape index (κ3) is 3.23. The first-order valence-electron chi connectivity index (χ1n) is 11.1. The van der Waals surface area contributed by atoms with Crippen molar-refractivity contribution in [3.8, 4) is 0 Å². The second-order valence-electron chi connectivity index (χ2n) is 9.00. The third-order valence-electron chi connectivity index (χ3n) is 7.30. The van der Waals surface area contributed by atoms with Gasteiger partial charge in [-0.2, -0.15) is 5.10 Å². The lowest BCUT2D eigenvalue weighted by Gasteiger charge is -2.42. The summed E-state index contributed by atoms with van der Waals surface area (Å²) in [6.07, 6.45) is 10.0. The van der Waals surface area contributed by atoms with E-state index in [9.17, 15) is 0 Å². The molecule has 3 aliphatic rings. The van der Waals surface area contributed by atoms with E-state index in [1.165, 1.54) is 11.3 Å². The Bertz CT molecular complexity index is 1120. The number of hydrogen-bond donors (Lipinski definition) is 1. The van der Waals surface area contributed by atoms with Crippen LogP contribution in [0.4, 0.5) is 5.82 Å². The second-order valence-corrected chi connectivity index (χ2v) is 10.0. The van der Waals surface area contributed by atoms with Gasteiger partial charge in [-0.15, -0.1) is 0 Å². The van der Waals surface area contributed by atoms with Gasteiger partial charge in [0.25, 0.3) is 0 Å². The lowest BCUT2D eigenvalue weighted by Crippen LogP contribution is -2.44. The van der Waals surface area contributed by atoms with Crippen LogP contribution < -0.4 is 10.6 Å². The number of anilines is 1. The molecule has 0 radical (unpaired) electrons. The van der Waals surface area contributed by atoms with E-state index in [1.807, 2.05) is 23.1 Å². The van der Waals surface area contributed by atoms with Crippen molar-refractivity contribution in [2.75, 3.05) is 24.6 Å². The van der Waals surface area contributed by atoms with Crippen molar-refractivity contribution in [1.29, 1.82) is 0 Å². The number of rotatable bonds is 2. The van der Waals surface area contributed by atoms with Crippen molar-refractivity contribution in [1.82, 2.24) is 24.7 Å². The van der Waals surface area contributed by atoms with Gasteiger partial charge < -0.3 is 15.4 Å². The zero-order valence-electron chi connectivity index (χ0n) is 17.4. The molecule has 2 saturated heterocycles. The van der Waals surface area contributed by atoms with Crippen molar-refractivity contribution in [3.63, 3.8) is 0 Å². The molecule has 0 bridgehead atoms. The zero-order chi connectivity index (χ0) is 21.0. The van der Waals surface area contributed by atoms with E-state index < -0.39 is 0 Å². The molecular formula is C22H26IN7O. The Labute approximate surface area is 194 Å². The minimum Gasteiger partial charge on any atom is -0.356 e. The predicted octanol–water partition coefficient (Wildman–Crippen LogP) is 3.37. The molecule has 2 fully saturated rings. The molecule has 1 aliphatic carbocycles.